The van der Waals surface area contributed by atoms with Gasteiger partial charge in [0.25, 0.3) is 0 Å². The Morgan fingerprint density at radius 2 is 1.30 bits per heavy atom. The summed E-state index contributed by atoms with van der Waals surface area (Å²) in [4.78, 5) is 39.6. The first-order chi connectivity index (χ1) is 12.8. The fourth-order valence-electron chi connectivity index (χ4n) is 2.67. The van der Waals surface area contributed by atoms with E-state index in [0.29, 0.717) is 6.42 Å². The molecule has 0 radical (unpaired) electrons. The highest BCUT2D eigenvalue weighted by molar-refractivity contribution is 7.46. The third-order valence-corrected chi connectivity index (χ3v) is 4.68. The molecule has 0 aliphatic heterocycles. The van der Waals surface area contributed by atoms with Gasteiger partial charge < -0.3 is 19.6 Å². The number of aliphatic carboxylic acids is 1. The quantitative estimate of drug-likeness (QED) is 0.174. The van der Waals surface area contributed by atoms with Gasteiger partial charge in [0.15, 0.2) is 6.10 Å². The molecule has 3 N–H and O–H groups in total. The summed E-state index contributed by atoms with van der Waals surface area (Å²) in [6, 6.07) is 0. The smallest absolute Gasteiger partial charge is 0.470 e. The van der Waals surface area contributed by atoms with Crippen LogP contribution >= 0.6 is 7.82 Å². The topological polar surface area (TPSA) is 130 Å². The van der Waals surface area contributed by atoms with Crippen LogP contribution < -0.4 is 0 Å². The van der Waals surface area contributed by atoms with Gasteiger partial charge in [-0.3, -0.25) is 9.32 Å². The number of hydrogen-bond acceptors (Lipinski definition) is 5. The van der Waals surface area contributed by atoms with Gasteiger partial charge >= 0.3 is 19.8 Å². The lowest BCUT2D eigenvalue weighted by molar-refractivity contribution is -0.155. The van der Waals surface area contributed by atoms with Crippen molar-refractivity contribution in [3.8, 4) is 0 Å². The van der Waals surface area contributed by atoms with E-state index in [0.717, 1.165) is 19.3 Å². The molecule has 0 aliphatic carbocycles. The minimum Gasteiger partial charge on any atom is -0.479 e. The van der Waals surface area contributed by atoms with Gasteiger partial charge in [0.05, 0.1) is 13.0 Å². The summed E-state index contributed by atoms with van der Waals surface area (Å²) < 4.78 is 19.6. The molecule has 160 valence electrons. The fourth-order valence-corrected chi connectivity index (χ4v) is 3.17. The van der Waals surface area contributed by atoms with Crippen molar-refractivity contribution >= 4 is 19.8 Å². The van der Waals surface area contributed by atoms with Crippen LogP contribution in [0.1, 0.15) is 90.4 Å². The number of phosphoric acid groups is 1. The van der Waals surface area contributed by atoms with Gasteiger partial charge in [0.2, 0.25) is 0 Å². The van der Waals surface area contributed by atoms with E-state index < -0.39 is 32.3 Å². The Morgan fingerprint density at radius 3 is 1.70 bits per heavy atom. The van der Waals surface area contributed by atoms with Crippen molar-refractivity contribution in [2.45, 2.75) is 96.5 Å². The van der Waals surface area contributed by atoms with Crippen LogP contribution in [0.25, 0.3) is 0 Å². The van der Waals surface area contributed by atoms with Crippen molar-refractivity contribution in [3.63, 3.8) is 0 Å². The lowest BCUT2D eigenvalue weighted by Gasteiger charge is -2.13. The second-order valence-electron chi connectivity index (χ2n) is 6.74. The molecule has 1 unspecified atom stereocenters. The lowest BCUT2D eigenvalue weighted by atomic mass is 10.1. The Balaban J connectivity index is 3.57. The molecular weight excluding hydrogens is 375 g/mol. The molecule has 8 nitrogen and oxygen atoms in total. The van der Waals surface area contributed by atoms with E-state index in [2.05, 4.69) is 11.4 Å². The number of carbonyl (C=O) groups excluding carboxylic acids is 1. The lowest BCUT2D eigenvalue weighted by Crippen LogP contribution is -2.27. The van der Waals surface area contributed by atoms with E-state index in [1.165, 1.54) is 51.4 Å². The summed E-state index contributed by atoms with van der Waals surface area (Å²) in [6.45, 7) is 2.38. The Morgan fingerprint density at radius 1 is 0.852 bits per heavy atom. The number of hydrogen-bond donors (Lipinski definition) is 3. The van der Waals surface area contributed by atoms with Gasteiger partial charge in [-0.1, -0.05) is 77.6 Å². The number of carboxylic acids is 1. The average Bonchev–Trinajstić information content (AvgIpc) is 2.57. The number of phosphoric ester groups is 1. The summed E-state index contributed by atoms with van der Waals surface area (Å²) in [6.07, 6.45) is 11.5. The Bertz CT molecular complexity index is 449. The minimum absolute atomic E-state index is 0.165. The predicted octanol–water partition coefficient (Wildman–Crippen LogP) is 4.18. The number of unbranched alkanes of at least 4 members (excludes halogenated alkanes) is 11. The maximum atomic E-state index is 11.5. The highest BCUT2D eigenvalue weighted by Gasteiger charge is 2.30. The van der Waals surface area contributed by atoms with Crippen molar-refractivity contribution in [2.75, 3.05) is 6.61 Å². The summed E-state index contributed by atoms with van der Waals surface area (Å²) >= 11 is 0. The first-order valence-electron chi connectivity index (χ1n) is 9.88. The van der Waals surface area contributed by atoms with Gasteiger partial charge in [-0.05, 0) is 6.42 Å². The van der Waals surface area contributed by atoms with Gasteiger partial charge in [0, 0.05) is 0 Å². The molecule has 0 saturated heterocycles. The van der Waals surface area contributed by atoms with Crippen LogP contribution in [-0.2, 0) is 23.4 Å². The monoisotopic (exact) mass is 410 g/mol. The molecule has 0 aromatic carbocycles. The largest absolute Gasteiger partial charge is 0.479 e. The van der Waals surface area contributed by atoms with Crippen LogP contribution in [0, 0.1) is 0 Å². The van der Waals surface area contributed by atoms with E-state index in [1.807, 2.05) is 0 Å². The highest BCUT2D eigenvalue weighted by atomic mass is 31.2. The van der Waals surface area contributed by atoms with Crippen LogP contribution in [0.5, 0.6) is 0 Å². The van der Waals surface area contributed by atoms with Crippen molar-refractivity contribution in [1.82, 2.24) is 0 Å². The second kappa shape index (κ2) is 16.0. The van der Waals surface area contributed by atoms with Crippen LogP contribution in [0.2, 0.25) is 0 Å². The van der Waals surface area contributed by atoms with Crippen molar-refractivity contribution < 1.29 is 38.3 Å². The highest BCUT2D eigenvalue weighted by Crippen LogP contribution is 2.38. The molecule has 0 rings (SSSR count). The molecule has 0 saturated carbocycles. The normalized spacial score (nSPS) is 12.7. The number of esters is 1. The van der Waals surface area contributed by atoms with E-state index >= 15 is 0 Å². The third-order valence-electron chi connectivity index (χ3n) is 4.15. The molecule has 0 aromatic rings. The van der Waals surface area contributed by atoms with E-state index in [-0.39, 0.29) is 6.61 Å². The first kappa shape index (κ1) is 26.1. The number of carbonyl (C=O) groups is 2. The molecule has 1 atom stereocenters. The van der Waals surface area contributed by atoms with Crippen LogP contribution in [0.3, 0.4) is 0 Å². The Kier molecular flexibility index (Phi) is 15.5. The zero-order valence-corrected chi connectivity index (χ0v) is 17.2. The van der Waals surface area contributed by atoms with Crippen LogP contribution in [0.4, 0.5) is 0 Å². The van der Waals surface area contributed by atoms with E-state index in [4.69, 9.17) is 19.6 Å². The number of carboxylic acid groups (broad SMARTS) is 1. The van der Waals surface area contributed by atoms with Gasteiger partial charge in [-0.25, -0.2) is 9.36 Å². The van der Waals surface area contributed by atoms with E-state index in [9.17, 15) is 14.2 Å². The van der Waals surface area contributed by atoms with Crippen molar-refractivity contribution in [2.24, 2.45) is 0 Å². The average molecular weight is 410 g/mol. The van der Waals surface area contributed by atoms with Gasteiger partial charge in [-0.2, -0.15) is 0 Å². The SMILES string of the molecule is CCCCCCCCCCCCCCOC(=O)CC(OP(=O)(O)O)C(=O)O. The number of rotatable bonds is 18. The van der Waals surface area contributed by atoms with Crippen LogP contribution in [0.15, 0.2) is 0 Å². The number of ether oxygens (including phenoxy) is 1. The summed E-state index contributed by atoms with van der Waals surface area (Å²) in [7, 11) is -4.98. The van der Waals surface area contributed by atoms with E-state index in [1.54, 1.807) is 0 Å². The Labute approximate surface area is 161 Å². The molecular formula is C18H35O8P. The second-order valence-corrected chi connectivity index (χ2v) is 7.93. The molecule has 0 amide bonds. The molecule has 0 bridgehead atoms. The minimum atomic E-state index is -4.98. The zero-order chi connectivity index (χ0) is 20.5. The molecule has 9 heteroatoms. The predicted molar refractivity (Wildman–Crippen MR) is 101 cm³/mol. The Hall–Kier alpha value is -0.950. The maximum Gasteiger partial charge on any atom is 0.470 e. The molecule has 0 aromatic heterocycles. The summed E-state index contributed by atoms with van der Waals surface area (Å²) in [5.74, 6) is -2.47. The van der Waals surface area contributed by atoms with Crippen molar-refractivity contribution in [1.29, 1.82) is 0 Å². The molecule has 27 heavy (non-hydrogen) atoms. The summed E-state index contributed by atoms with van der Waals surface area (Å²) in [5.41, 5.74) is 0. The first-order valence-corrected chi connectivity index (χ1v) is 11.4. The summed E-state index contributed by atoms with van der Waals surface area (Å²) in [5, 5.41) is 8.79. The fraction of sp³-hybridized carbons (Fsp3) is 0.889. The zero-order valence-electron chi connectivity index (χ0n) is 16.3. The van der Waals surface area contributed by atoms with Crippen molar-refractivity contribution in [3.05, 3.63) is 0 Å². The van der Waals surface area contributed by atoms with Gasteiger partial charge in [-0.15, -0.1) is 0 Å². The molecule has 0 fully saturated rings. The van der Waals surface area contributed by atoms with Crippen LogP contribution in [-0.4, -0.2) is 39.5 Å². The standard InChI is InChI=1S/C18H35O8P/c1-2-3-4-5-6-7-8-9-10-11-12-13-14-25-17(19)15-16(18(20)21)26-27(22,23)24/h16H,2-15H2,1H3,(H,20,21)(H2,22,23,24). The third kappa shape index (κ3) is 18.2. The maximum absolute atomic E-state index is 11.5. The molecule has 0 heterocycles. The molecule has 0 spiro atoms. The molecule has 0 aliphatic rings. The van der Waals surface area contributed by atoms with Gasteiger partial charge in [0.1, 0.15) is 0 Å².